The van der Waals surface area contributed by atoms with Gasteiger partial charge in [0.05, 0.1) is 0 Å². The molecule has 92 valence electrons. The highest BCUT2D eigenvalue weighted by molar-refractivity contribution is 5.75. The van der Waals surface area contributed by atoms with Gasteiger partial charge >= 0.3 is 17.9 Å². The monoisotopic (exact) mass is 234 g/mol. The minimum atomic E-state index is -1.09. The molecule has 0 bridgehead atoms. The summed E-state index contributed by atoms with van der Waals surface area (Å²) in [6.45, 7) is 1.27. The summed E-state index contributed by atoms with van der Waals surface area (Å²) in [5.41, 5.74) is 0. The predicted octanol–water partition coefficient (Wildman–Crippen LogP) is -0.983. The average molecular weight is 234 g/mol. The lowest BCUT2D eigenvalue weighted by Crippen LogP contribution is -2.26. The first-order chi connectivity index (χ1) is 7.41. The summed E-state index contributed by atoms with van der Waals surface area (Å²) in [5, 5.41) is 9.16. The van der Waals surface area contributed by atoms with Crippen LogP contribution in [-0.4, -0.2) is 48.9 Å². The first-order valence-corrected chi connectivity index (χ1v) is 4.52. The maximum Gasteiger partial charge on any atom is 0.344 e. The van der Waals surface area contributed by atoms with Crippen LogP contribution in [0.1, 0.15) is 13.8 Å². The molecule has 0 aromatic carbocycles. The Labute approximate surface area is 92.3 Å². The van der Waals surface area contributed by atoms with E-state index >= 15 is 0 Å². The van der Waals surface area contributed by atoms with Crippen molar-refractivity contribution in [3.05, 3.63) is 0 Å². The van der Waals surface area contributed by atoms with Gasteiger partial charge in [0.1, 0.15) is 19.3 Å². The van der Waals surface area contributed by atoms with E-state index in [-0.39, 0.29) is 13.2 Å². The molecule has 7 nitrogen and oxygen atoms in total. The lowest BCUT2D eigenvalue weighted by Gasteiger charge is -2.10. The molecule has 16 heavy (non-hydrogen) atoms. The van der Waals surface area contributed by atoms with Gasteiger partial charge in [-0.1, -0.05) is 0 Å². The highest BCUT2D eigenvalue weighted by Gasteiger charge is 2.11. The second kappa shape index (κ2) is 7.63. The Balaban J connectivity index is 3.58. The summed E-state index contributed by atoms with van der Waals surface area (Å²) in [5.74, 6) is -1.92. The van der Waals surface area contributed by atoms with E-state index in [0.717, 1.165) is 6.92 Å². The van der Waals surface area contributed by atoms with Crippen molar-refractivity contribution in [3.8, 4) is 0 Å². The highest BCUT2D eigenvalue weighted by atomic mass is 16.6. The van der Waals surface area contributed by atoms with Gasteiger partial charge in [-0.05, 0) is 0 Å². The molecule has 1 atom stereocenters. The molecular formula is C9H14O7. The molecule has 0 radical (unpaired) electrons. The predicted molar refractivity (Wildman–Crippen MR) is 50.2 cm³/mol. The van der Waals surface area contributed by atoms with Crippen LogP contribution in [0, 0.1) is 0 Å². The van der Waals surface area contributed by atoms with Crippen LogP contribution in [0.4, 0.5) is 0 Å². The zero-order valence-corrected chi connectivity index (χ0v) is 9.10. The van der Waals surface area contributed by atoms with Gasteiger partial charge in [0, 0.05) is 13.8 Å². The van der Waals surface area contributed by atoms with Gasteiger partial charge in [-0.25, -0.2) is 4.79 Å². The lowest BCUT2D eigenvalue weighted by molar-refractivity contribution is -0.161. The minimum Gasteiger partial charge on any atom is -0.463 e. The largest absolute Gasteiger partial charge is 0.463 e. The Kier molecular flexibility index (Phi) is 6.86. The Hall–Kier alpha value is -1.63. The summed E-state index contributed by atoms with van der Waals surface area (Å²) in [6, 6.07) is 0. The van der Waals surface area contributed by atoms with Crippen LogP contribution in [0.3, 0.4) is 0 Å². The van der Waals surface area contributed by atoms with Crippen molar-refractivity contribution in [2.24, 2.45) is 0 Å². The molecule has 0 saturated heterocycles. The number of carbonyl (C=O) groups excluding carboxylic acids is 3. The van der Waals surface area contributed by atoms with Crippen LogP contribution in [0.2, 0.25) is 0 Å². The van der Waals surface area contributed by atoms with Gasteiger partial charge in [0.2, 0.25) is 0 Å². The lowest BCUT2D eigenvalue weighted by atomic mass is 10.4. The van der Waals surface area contributed by atoms with Crippen LogP contribution in [0.25, 0.3) is 0 Å². The topological polar surface area (TPSA) is 99.1 Å². The Morgan fingerprint density at radius 2 is 1.50 bits per heavy atom. The molecule has 7 heteroatoms. The van der Waals surface area contributed by atoms with Gasteiger partial charge in [-0.15, -0.1) is 0 Å². The molecule has 0 spiro atoms. The molecule has 0 rings (SSSR count). The molecule has 0 saturated carbocycles. The van der Waals surface area contributed by atoms with Crippen molar-refractivity contribution in [3.63, 3.8) is 0 Å². The number of aliphatic hydroxyl groups excluding tert-OH is 1. The number of hydrogen-bond acceptors (Lipinski definition) is 7. The van der Waals surface area contributed by atoms with Crippen LogP contribution in [0.15, 0.2) is 0 Å². The van der Waals surface area contributed by atoms with Gasteiger partial charge in [-0.2, -0.15) is 0 Å². The number of ether oxygens (including phenoxy) is 3. The number of carbonyl (C=O) groups is 3. The summed E-state index contributed by atoms with van der Waals surface area (Å²) in [4.78, 5) is 31.6. The van der Waals surface area contributed by atoms with E-state index in [0.29, 0.717) is 0 Å². The number of rotatable bonds is 6. The fourth-order valence-electron chi connectivity index (χ4n) is 0.653. The van der Waals surface area contributed by atoms with E-state index in [2.05, 4.69) is 14.2 Å². The minimum absolute atomic E-state index is 0.254. The Bertz CT molecular complexity index is 261. The fourth-order valence-corrected chi connectivity index (χ4v) is 0.653. The number of hydrogen-bond donors (Lipinski definition) is 1. The molecular weight excluding hydrogens is 220 g/mol. The highest BCUT2D eigenvalue weighted by Crippen LogP contribution is 1.90. The fraction of sp³-hybridized carbons (Fsp3) is 0.667. The summed E-state index contributed by atoms with van der Waals surface area (Å²) < 4.78 is 13.4. The first-order valence-electron chi connectivity index (χ1n) is 4.52. The summed E-state index contributed by atoms with van der Waals surface area (Å²) in [7, 11) is 0. The van der Waals surface area contributed by atoms with E-state index in [9.17, 15) is 14.4 Å². The summed E-state index contributed by atoms with van der Waals surface area (Å²) in [6.07, 6.45) is -1.09. The van der Waals surface area contributed by atoms with E-state index in [1.807, 2.05) is 0 Å². The quantitative estimate of drug-likeness (QED) is 0.465. The van der Waals surface area contributed by atoms with Crippen LogP contribution < -0.4 is 0 Å². The third-order valence-corrected chi connectivity index (χ3v) is 1.31. The number of aliphatic hydroxyl groups is 1. The maximum absolute atomic E-state index is 10.9. The van der Waals surface area contributed by atoms with E-state index in [1.165, 1.54) is 6.92 Å². The molecule has 0 aliphatic heterocycles. The molecule has 1 N–H and O–H groups in total. The Morgan fingerprint density at radius 1 is 1.00 bits per heavy atom. The molecule has 0 heterocycles. The van der Waals surface area contributed by atoms with Crippen LogP contribution in [0.5, 0.6) is 0 Å². The van der Waals surface area contributed by atoms with Gasteiger partial charge in [0.25, 0.3) is 0 Å². The Morgan fingerprint density at radius 3 is 2.00 bits per heavy atom. The van der Waals surface area contributed by atoms with Crippen molar-refractivity contribution in [2.45, 2.75) is 20.0 Å². The molecule has 0 aliphatic rings. The van der Waals surface area contributed by atoms with Gasteiger partial charge in [0.15, 0.2) is 6.61 Å². The average Bonchev–Trinajstić information content (AvgIpc) is 2.20. The van der Waals surface area contributed by atoms with Crippen LogP contribution >= 0.6 is 0 Å². The van der Waals surface area contributed by atoms with Gasteiger partial charge in [-0.3, -0.25) is 9.59 Å². The maximum atomic E-state index is 10.9. The van der Waals surface area contributed by atoms with Crippen molar-refractivity contribution in [1.82, 2.24) is 0 Å². The molecule has 0 fully saturated rings. The zero-order valence-electron chi connectivity index (χ0n) is 9.10. The third kappa shape index (κ3) is 8.95. The molecule has 0 amide bonds. The molecule has 0 aromatic rings. The molecule has 1 unspecified atom stereocenters. The second-order valence-electron chi connectivity index (χ2n) is 2.92. The van der Waals surface area contributed by atoms with Crippen molar-refractivity contribution in [1.29, 1.82) is 0 Å². The zero-order chi connectivity index (χ0) is 12.6. The third-order valence-electron chi connectivity index (χ3n) is 1.31. The van der Waals surface area contributed by atoms with E-state index < -0.39 is 30.6 Å². The van der Waals surface area contributed by atoms with Crippen molar-refractivity contribution >= 4 is 17.9 Å². The molecule has 0 aromatic heterocycles. The normalized spacial score (nSPS) is 11.4. The molecule has 0 aliphatic carbocycles. The summed E-state index contributed by atoms with van der Waals surface area (Å²) >= 11 is 0. The second-order valence-corrected chi connectivity index (χ2v) is 2.92. The van der Waals surface area contributed by atoms with Crippen molar-refractivity contribution in [2.75, 3.05) is 19.8 Å². The van der Waals surface area contributed by atoms with E-state index in [1.54, 1.807) is 0 Å². The SMILES string of the molecule is CC(=O)OCC(=O)OCC(O)COC(C)=O. The smallest absolute Gasteiger partial charge is 0.344 e. The first kappa shape index (κ1) is 14.4. The van der Waals surface area contributed by atoms with Crippen LogP contribution in [-0.2, 0) is 28.6 Å². The number of esters is 3. The standard InChI is InChI=1S/C9H14O7/c1-6(10)14-3-8(12)4-16-9(13)5-15-7(2)11/h8,12H,3-5H2,1-2H3. The van der Waals surface area contributed by atoms with Gasteiger partial charge < -0.3 is 19.3 Å². The van der Waals surface area contributed by atoms with Crippen molar-refractivity contribution < 1.29 is 33.7 Å². The van der Waals surface area contributed by atoms with E-state index in [4.69, 9.17) is 5.11 Å².